The first-order valence-electron chi connectivity index (χ1n) is 8.49. The molecule has 0 saturated heterocycles. The van der Waals surface area contributed by atoms with Crippen LogP contribution in [0.25, 0.3) is 0 Å². The zero-order valence-corrected chi connectivity index (χ0v) is 15.0. The van der Waals surface area contributed by atoms with E-state index in [1.807, 2.05) is 12.1 Å². The number of amides is 1. The van der Waals surface area contributed by atoms with Gasteiger partial charge in [0.15, 0.2) is 11.5 Å². The Morgan fingerprint density at radius 3 is 2.65 bits per heavy atom. The van der Waals surface area contributed by atoms with E-state index >= 15 is 0 Å². The number of hydrogen-bond donors (Lipinski definition) is 1. The number of halogens is 1. The van der Waals surface area contributed by atoms with Crippen molar-refractivity contribution in [2.45, 2.75) is 26.2 Å². The lowest BCUT2D eigenvalue weighted by Gasteiger charge is -2.10. The van der Waals surface area contributed by atoms with Gasteiger partial charge in [-0.25, -0.2) is 9.82 Å². The quantitative estimate of drug-likeness (QED) is 0.422. The van der Waals surface area contributed by atoms with Crippen LogP contribution in [0, 0.1) is 5.82 Å². The highest BCUT2D eigenvalue weighted by Gasteiger charge is 2.05. The Kier molecular flexibility index (Phi) is 7.61. The smallest absolute Gasteiger partial charge is 0.244 e. The summed E-state index contributed by atoms with van der Waals surface area (Å²) in [5.74, 6) is 0.684. The summed E-state index contributed by atoms with van der Waals surface area (Å²) in [5, 5.41) is 3.94. The summed E-state index contributed by atoms with van der Waals surface area (Å²) in [6, 6.07) is 11.2. The SMILES string of the molecule is CCCCOc1ccc(/C=N\NC(=O)Cc2ccc(F)cc2)cc1OC. The van der Waals surface area contributed by atoms with Gasteiger partial charge in [0.05, 0.1) is 26.4 Å². The zero-order chi connectivity index (χ0) is 18.8. The summed E-state index contributed by atoms with van der Waals surface area (Å²) < 4.78 is 23.9. The first-order chi connectivity index (χ1) is 12.6. The number of benzene rings is 2. The number of hydrogen-bond acceptors (Lipinski definition) is 4. The van der Waals surface area contributed by atoms with Crippen molar-refractivity contribution < 1.29 is 18.7 Å². The van der Waals surface area contributed by atoms with E-state index in [4.69, 9.17) is 9.47 Å². The first kappa shape index (κ1) is 19.4. The predicted octanol–water partition coefficient (Wildman–Crippen LogP) is 3.71. The van der Waals surface area contributed by atoms with Crippen LogP contribution in [0.5, 0.6) is 11.5 Å². The van der Waals surface area contributed by atoms with Gasteiger partial charge in [0.25, 0.3) is 0 Å². The van der Waals surface area contributed by atoms with E-state index in [2.05, 4.69) is 17.5 Å². The van der Waals surface area contributed by atoms with Gasteiger partial charge in [0.2, 0.25) is 5.91 Å². The molecule has 0 spiro atoms. The van der Waals surface area contributed by atoms with Gasteiger partial charge in [0, 0.05) is 0 Å². The number of rotatable bonds is 9. The fourth-order valence-electron chi connectivity index (χ4n) is 2.22. The minimum atomic E-state index is -0.330. The minimum Gasteiger partial charge on any atom is -0.493 e. The van der Waals surface area contributed by atoms with E-state index in [-0.39, 0.29) is 18.1 Å². The maximum Gasteiger partial charge on any atom is 0.244 e. The van der Waals surface area contributed by atoms with Gasteiger partial charge in [-0.15, -0.1) is 0 Å². The van der Waals surface area contributed by atoms with Crippen LogP contribution in [0.3, 0.4) is 0 Å². The number of ether oxygens (including phenoxy) is 2. The van der Waals surface area contributed by atoms with Gasteiger partial charge in [-0.2, -0.15) is 5.10 Å². The van der Waals surface area contributed by atoms with Crippen molar-refractivity contribution in [1.29, 1.82) is 0 Å². The molecular weight excluding hydrogens is 335 g/mol. The topological polar surface area (TPSA) is 59.9 Å². The maximum absolute atomic E-state index is 12.8. The van der Waals surface area contributed by atoms with E-state index in [9.17, 15) is 9.18 Å². The van der Waals surface area contributed by atoms with Gasteiger partial charge in [-0.1, -0.05) is 25.5 Å². The van der Waals surface area contributed by atoms with Crippen molar-refractivity contribution in [3.05, 3.63) is 59.4 Å². The Morgan fingerprint density at radius 1 is 1.19 bits per heavy atom. The second kappa shape index (κ2) is 10.2. The second-order valence-electron chi connectivity index (χ2n) is 5.71. The lowest BCUT2D eigenvalue weighted by atomic mass is 10.1. The Hall–Kier alpha value is -2.89. The number of carbonyl (C=O) groups excluding carboxylic acids is 1. The fraction of sp³-hybridized carbons (Fsp3) is 0.300. The zero-order valence-electron chi connectivity index (χ0n) is 15.0. The highest BCUT2D eigenvalue weighted by molar-refractivity contribution is 5.84. The molecule has 0 aliphatic heterocycles. The van der Waals surface area contributed by atoms with Crippen LogP contribution in [-0.2, 0) is 11.2 Å². The van der Waals surface area contributed by atoms with Crippen LogP contribution in [0.1, 0.15) is 30.9 Å². The molecule has 138 valence electrons. The van der Waals surface area contributed by atoms with Crippen molar-refractivity contribution in [1.82, 2.24) is 5.43 Å². The maximum atomic E-state index is 12.8. The number of unbranched alkanes of at least 4 members (excludes halogenated alkanes) is 1. The normalized spacial score (nSPS) is 10.7. The van der Waals surface area contributed by atoms with Crippen molar-refractivity contribution in [2.24, 2.45) is 5.10 Å². The molecule has 1 amide bonds. The van der Waals surface area contributed by atoms with Crippen molar-refractivity contribution in [3.8, 4) is 11.5 Å². The van der Waals surface area contributed by atoms with Crippen LogP contribution < -0.4 is 14.9 Å². The molecule has 2 aromatic carbocycles. The summed E-state index contributed by atoms with van der Waals surface area (Å²) in [6.45, 7) is 2.74. The van der Waals surface area contributed by atoms with E-state index in [0.717, 1.165) is 18.4 Å². The number of nitrogens with one attached hydrogen (secondary N) is 1. The molecule has 0 heterocycles. The lowest BCUT2D eigenvalue weighted by Crippen LogP contribution is -2.19. The number of methoxy groups -OCH3 is 1. The van der Waals surface area contributed by atoms with Crippen molar-refractivity contribution in [2.75, 3.05) is 13.7 Å². The molecule has 0 saturated carbocycles. The summed E-state index contributed by atoms with van der Waals surface area (Å²) in [5.41, 5.74) is 3.94. The summed E-state index contributed by atoms with van der Waals surface area (Å²) in [6.07, 6.45) is 3.70. The summed E-state index contributed by atoms with van der Waals surface area (Å²) >= 11 is 0. The van der Waals surface area contributed by atoms with Crippen LogP contribution in [0.2, 0.25) is 0 Å². The molecular formula is C20H23FN2O3. The van der Waals surface area contributed by atoms with Gasteiger partial charge in [-0.3, -0.25) is 4.79 Å². The molecule has 6 heteroatoms. The molecule has 2 rings (SSSR count). The Balaban J connectivity index is 1.90. The highest BCUT2D eigenvalue weighted by Crippen LogP contribution is 2.27. The molecule has 1 N–H and O–H groups in total. The highest BCUT2D eigenvalue weighted by atomic mass is 19.1. The molecule has 26 heavy (non-hydrogen) atoms. The molecule has 0 aliphatic rings. The van der Waals surface area contributed by atoms with Crippen LogP contribution in [-0.4, -0.2) is 25.8 Å². The van der Waals surface area contributed by atoms with Gasteiger partial charge < -0.3 is 9.47 Å². The van der Waals surface area contributed by atoms with Gasteiger partial charge in [-0.05, 0) is 47.9 Å². The molecule has 0 unspecified atom stereocenters. The molecule has 2 aromatic rings. The van der Waals surface area contributed by atoms with E-state index in [0.29, 0.717) is 23.7 Å². The number of hydrazone groups is 1. The summed E-state index contributed by atoms with van der Waals surface area (Å²) in [7, 11) is 1.58. The largest absolute Gasteiger partial charge is 0.493 e. The molecule has 5 nitrogen and oxygen atoms in total. The lowest BCUT2D eigenvalue weighted by molar-refractivity contribution is -0.120. The van der Waals surface area contributed by atoms with Crippen LogP contribution in [0.4, 0.5) is 4.39 Å². The predicted molar refractivity (Wildman–Crippen MR) is 99.2 cm³/mol. The molecule has 0 bridgehead atoms. The molecule has 0 radical (unpaired) electrons. The average molecular weight is 358 g/mol. The van der Waals surface area contributed by atoms with Crippen molar-refractivity contribution >= 4 is 12.1 Å². The molecule has 0 atom stereocenters. The standard InChI is InChI=1S/C20H23FN2O3/c1-3-4-11-26-18-10-7-16(12-19(18)25-2)14-22-23-20(24)13-15-5-8-17(21)9-6-15/h5-10,12,14H,3-4,11,13H2,1-2H3,(H,23,24)/b22-14-. The first-order valence-corrected chi connectivity index (χ1v) is 8.49. The van der Waals surface area contributed by atoms with Gasteiger partial charge in [0.1, 0.15) is 5.82 Å². The Labute approximate surface area is 152 Å². The van der Waals surface area contributed by atoms with E-state index in [1.165, 1.54) is 18.3 Å². The average Bonchev–Trinajstić information content (AvgIpc) is 2.64. The van der Waals surface area contributed by atoms with Gasteiger partial charge >= 0.3 is 0 Å². The fourth-order valence-corrected chi connectivity index (χ4v) is 2.22. The molecule has 0 fully saturated rings. The third-order valence-electron chi connectivity index (χ3n) is 3.62. The monoisotopic (exact) mass is 358 g/mol. The Bertz CT molecular complexity index is 745. The van der Waals surface area contributed by atoms with Crippen molar-refractivity contribution in [3.63, 3.8) is 0 Å². The second-order valence-corrected chi connectivity index (χ2v) is 5.71. The molecule has 0 aromatic heterocycles. The third kappa shape index (κ3) is 6.20. The molecule has 0 aliphatic carbocycles. The number of nitrogens with zero attached hydrogens (tertiary/aromatic N) is 1. The third-order valence-corrected chi connectivity index (χ3v) is 3.62. The Morgan fingerprint density at radius 2 is 1.96 bits per heavy atom. The van der Waals surface area contributed by atoms with E-state index < -0.39 is 0 Å². The van der Waals surface area contributed by atoms with Crippen LogP contribution in [0.15, 0.2) is 47.6 Å². The van der Waals surface area contributed by atoms with E-state index in [1.54, 1.807) is 25.3 Å². The summed E-state index contributed by atoms with van der Waals surface area (Å²) in [4.78, 5) is 11.8. The minimum absolute atomic E-state index is 0.130. The number of carbonyl (C=O) groups is 1. The van der Waals surface area contributed by atoms with Crippen LogP contribution >= 0.6 is 0 Å².